The number of rotatable bonds is 4. The molecular formula is C15H21N3O2S. The lowest BCUT2D eigenvalue weighted by atomic mass is 10.1. The fraction of sp³-hybridized carbons (Fsp3) is 0.467. The first-order chi connectivity index (χ1) is 10.0. The highest BCUT2D eigenvalue weighted by molar-refractivity contribution is 7.99. The average Bonchev–Trinajstić information content (AvgIpc) is 2.50. The number of para-hydroxylation sites is 1. The zero-order valence-corrected chi connectivity index (χ0v) is 13.2. The number of hydrogen-bond acceptors (Lipinski definition) is 4. The standard InChI is InChI=1S/C15H21N3O2S/c1-10(2)14(16)15(20)17-9-13(19)18-7-8-21-12-6-4-3-5-11(12)18/h3-6,10,14H,7-9,16H2,1-2H3,(H,17,20)/t14-/m0/s1. The van der Waals surface area contributed by atoms with Crippen LogP contribution in [0.25, 0.3) is 0 Å². The number of nitrogens with one attached hydrogen (secondary N) is 1. The van der Waals surface area contributed by atoms with Crippen LogP contribution in [0.3, 0.4) is 0 Å². The number of thioether (sulfide) groups is 1. The lowest BCUT2D eigenvalue weighted by molar-refractivity contribution is -0.126. The summed E-state index contributed by atoms with van der Waals surface area (Å²) in [6.45, 7) is 4.40. The van der Waals surface area contributed by atoms with E-state index in [1.165, 1.54) is 0 Å². The Morgan fingerprint density at radius 1 is 1.38 bits per heavy atom. The van der Waals surface area contributed by atoms with Crippen molar-refractivity contribution in [3.8, 4) is 0 Å². The Morgan fingerprint density at radius 2 is 2.10 bits per heavy atom. The van der Waals surface area contributed by atoms with Crippen LogP contribution in [0.5, 0.6) is 0 Å². The van der Waals surface area contributed by atoms with Crippen molar-refractivity contribution in [3.05, 3.63) is 24.3 Å². The Kier molecular flexibility index (Phi) is 5.25. The van der Waals surface area contributed by atoms with Gasteiger partial charge in [-0.25, -0.2) is 0 Å². The molecule has 1 heterocycles. The van der Waals surface area contributed by atoms with Crippen LogP contribution in [-0.4, -0.2) is 36.7 Å². The van der Waals surface area contributed by atoms with Crippen LogP contribution in [0.4, 0.5) is 5.69 Å². The molecule has 0 unspecified atom stereocenters. The molecule has 1 aliphatic heterocycles. The molecule has 1 aromatic rings. The van der Waals surface area contributed by atoms with E-state index >= 15 is 0 Å². The van der Waals surface area contributed by atoms with E-state index in [1.807, 2.05) is 38.1 Å². The molecule has 0 bridgehead atoms. The van der Waals surface area contributed by atoms with E-state index in [0.717, 1.165) is 16.3 Å². The minimum Gasteiger partial charge on any atom is -0.346 e. The molecular weight excluding hydrogens is 286 g/mol. The molecule has 2 rings (SSSR count). The Hall–Kier alpha value is -1.53. The Labute approximate surface area is 129 Å². The lowest BCUT2D eigenvalue weighted by Crippen LogP contribution is -2.48. The van der Waals surface area contributed by atoms with Gasteiger partial charge in [0, 0.05) is 17.2 Å². The van der Waals surface area contributed by atoms with Crippen molar-refractivity contribution in [2.24, 2.45) is 11.7 Å². The highest BCUT2D eigenvalue weighted by Gasteiger charge is 2.24. The van der Waals surface area contributed by atoms with Gasteiger partial charge in [0.05, 0.1) is 18.3 Å². The van der Waals surface area contributed by atoms with Crippen LogP contribution >= 0.6 is 11.8 Å². The number of hydrogen-bond donors (Lipinski definition) is 2. The third kappa shape index (κ3) is 3.77. The number of benzene rings is 1. The van der Waals surface area contributed by atoms with Crippen LogP contribution in [0.15, 0.2) is 29.2 Å². The zero-order valence-electron chi connectivity index (χ0n) is 12.3. The van der Waals surface area contributed by atoms with Gasteiger partial charge in [-0.05, 0) is 18.1 Å². The molecule has 6 heteroatoms. The van der Waals surface area contributed by atoms with Crippen molar-refractivity contribution in [1.82, 2.24) is 5.32 Å². The molecule has 2 amide bonds. The van der Waals surface area contributed by atoms with E-state index in [0.29, 0.717) is 6.54 Å². The highest BCUT2D eigenvalue weighted by atomic mass is 32.2. The van der Waals surface area contributed by atoms with Gasteiger partial charge < -0.3 is 16.0 Å². The zero-order chi connectivity index (χ0) is 15.4. The lowest BCUT2D eigenvalue weighted by Gasteiger charge is -2.29. The fourth-order valence-corrected chi connectivity index (χ4v) is 3.10. The number of nitrogens with two attached hydrogens (primary N) is 1. The van der Waals surface area contributed by atoms with Gasteiger partial charge in [0.2, 0.25) is 11.8 Å². The molecule has 0 aliphatic carbocycles. The molecule has 0 aromatic heterocycles. The number of fused-ring (bicyclic) bond motifs is 1. The molecule has 0 fully saturated rings. The van der Waals surface area contributed by atoms with Crippen molar-refractivity contribution in [2.75, 3.05) is 23.7 Å². The minimum atomic E-state index is -0.581. The molecule has 5 nitrogen and oxygen atoms in total. The van der Waals surface area contributed by atoms with E-state index in [2.05, 4.69) is 5.32 Å². The monoisotopic (exact) mass is 307 g/mol. The third-order valence-corrected chi connectivity index (χ3v) is 4.51. The molecule has 0 radical (unpaired) electrons. The van der Waals surface area contributed by atoms with Crippen molar-refractivity contribution >= 4 is 29.3 Å². The second-order valence-electron chi connectivity index (χ2n) is 5.35. The summed E-state index contributed by atoms with van der Waals surface area (Å²) in [6, 6.07) is 7.23. The summed E-state index contributed by atoms with van der Waals surface area (Å²) < 4.78 is 0. The van der Waals surface area contributed by atoms with Crippen molar-refractivity contribution in [2.45, 2.75) is 24.8 Å². The molecule has 21 heavy (non-hydrogen) atoms. The largest absolute Gasteiger partial charge is 0.346 e. The maximum atomic E-state index is 12.3. The smallest absolute Gasteiger partial charge is 0.246 e. The Morgan fingerprint density at radius 3 is 2.81 bits per heavy atom. The van der Waals surface area contributed by atoms with Crippen LogP contribution in [0.2, 0.25) is 0 Å². The van der Waals surface area contributed by atoms with Gasteiger partial charge >= 0.3 is 0 Å². The second-order valence-corrected chi connectivity index (χ2v) is 6.49. The van der Waals surface area contributed by atoms with Gasteiger partial charge in [0.15, 0.2) is 0 Å². The highest BCUT2D eigenvalue weighted by Crippen LogP contribution is 2.34. The van der Waals surface area contributed by atoms with E-state index < -0.39 is 6.04 Å². The maximum Gasteiger partial charge on any atom is 0.246 e. The molecule has 1 atom stereocenters. The second kappa shape index (κ2) is 6.95. The number of anilines is 1. The number of nitrogens with zero attached hydrogens (tertiary/aromatic N) is 1. The Balaban J connectivity index is 1.98. The summed E-state index contributed by atoms with van der Waals surface area (Å²) in [5.74, 6) is 0.527. The van der Waals surface area contributed by atoms with Gasteiger partial charge in [-0.3, -0.25) is 9.59 Å². The van der Waals surface area contributed by atoms with Crippen molar-refractivity contribution < 1.29 is 9.59 Å². The first-order valence-corrected chi connectivity index (χ1v) is 8.04. The number of carbonyl (C=O) groups is 2. The molecule has 3 N–H and O–H groups in total. The van der Waals surface area contributed by atoms with Gasteiger partial charge in [0.25, 0.3) is 0 Å². The quantitative estimate of drug-likeness (QED) is 0.877. The number of amides is 2. The predicted octanol–water partition coefficient (Wildman–Crippen LogP) is 1.22. The number of carbonyl (C=O) groups excluding carboxylic acids is 2. The first-order valence-electron chi connectivity index (χ1n) is 7.06. The van der Waals surface area contributed by atoms with Crippen molar-refractivity contribution in [1.29, 1.82) is 0 Å². The van der Waals surface area contributed by atoms with E-state index in [4.69, 9.17) is 5.73 Å². The summed E-state index contributed by atoms with van der Waals surface area (Å²) in [4.78, 5) is 27.0. The van der Waals surface area contributed by atoms with E-state index in [-0.39, 0.29) is 24.3 Å². The molecule has 1 aliphatic rings. The maximum absolute atomic E-state index is 12.3. The molecule has 0 spiro atoms. The van der Waals surface area contributed by atoms with Crippen LogP contribution in [0.1, 0.15) is 13.8 Å². The molecule has 1 aromatic carbocycles. The average molecular weight is 307 g/mol. The fourth-order valence-electron chi connectivity index (χ4n) is 2.11. The first kappa shape index (κ1) is 15.9. The summed E-state index contributed by atoms with van der Waals surface area (Å²) in [5.41, 5.74) is 6.68. The molecule has 114 valence electrons. The van der Waals surface area contributed by atoms with Crippen LogP contribution < -0.4 is 16.0 Å². The van der Waals surface area contributed by atoms with Gasteiger partial charge in [-0.1, -0.05) is 26.0 Å². The van der Waals surface area contributed by atoms with Gasteiger partial charge in [-0.15, -0.1) is 11.8 Å². The molecule has 0 saturated carbocycles. The van der Waals surface area contributed by atoms with Crippen LogP contribution in [0, 0.1) is 5.92 Å². The summed E-state index contributed by atoms with van der Waals surface area (Å²) in [6.07, 6.45) is 0. The summed E-state index contributed by atoms with van der Waals surface area (Å²) >= 11 is 1.74. The molecule has 0 saturated heterocycles. The van der Waals surface area contributed by atoms with E-state index in [9.17, 15) is 9.59 Å². The SMILES string of the molecule is CC(C)[C@H](N)C(=O)NCC(=O)N1CCSc2ccccc21. The minimum absolute atomic E-state index is 0.0156. The topological polar surface area (TPSA) is 75.4 Å². The van der Waals surface area contributed by atoms with Gasteiger partial charge in [-0.2, -0.15) is 0 Å². The van der Waals surface area contributed by atoms with Crippen molar-refractivity contribution in [3.63, 3.8) is 0 Å². The van der Waals surface area contributed by atoms with E-state index in [1.54, 1.807) is 16.7 Å². The normalized spacial score (nSPS) is 15.5. The Bertz CT molecular complexity index is 533. The summed E-state index contributed by atoms with van der Waals surface area (Å²) in [7, 11) is 0. The van der Waals surface area contributed by atoms with Gasteiger partial charge in [0.1, 0.15) is 0 Å². The summed E-state index contributed by atoms with van der Waals surface area (Å²) in [5, 5.41) is 2.63. The third-order valence-electron chi connectivity index (χ3n) is 3.46. The predicted molar refractivity (Wildman–Crippen MR) is 85.3 cm³/mol. The van der Waals surface area contributed by atoms with Crippen LogP contribution in [-0.2, 0) is 9.59 Å².